The van der Waals surface area contributed by atoms with E-state index in [1.807, 2.05) is 13.0 Å². The summed E-state index contributed by atoms with van der Waals surface area (Å²) in [4.78, 5) is 8.63. The van der Waals surface area contributed by atoms with Gasteiger partial charge in [-0.05, 0) is 31.5 Å². The van der Waals surface area contributed by atoms with E-state index in [9.17, 15) is 0 Å². The third-order valence-electron chi connectivity index (χ3n) is 2.66. The average molecular weight is 376 g/mol. The van der Waals surface area contributed by atoms with E-state index >= 15 is 0 Å². The molecule has 0 spiro atoms. The largest absolute Gasteiger partial charge is 0.437 e. The van der Waals surface area contributed by atoms with Gasteiger partial charge in [0.25, 0.3) is 0 Å². The van der Waals surface area contributed by atoms with Gasteiger partial charge in [0.05, 0.1) is 5.02 Å². The zero-order valence-electron chi connectivity index (χ0n) is 11.1. The van der Waals surface area contributed by atoms with Crippen LogP contribution >= 0.6 is 39.1 Å². The van der Waals surface area contributed by atoms with Gasteiger partial charge in [0.15, 0.2) is 0 Å². The first-order chi connectivity index (χ1) is 9.51. The third-order valence-corrected chi connectivity index (χ3v) is 3.82. The van der Waals surface area contributed by atoms with Crippen LogP contribution in [0.5, 0.6) is 11.6 Å². The predicted octanol–water partition coefficient (Wildman–Crippen LogP) is 5.60. The summed E-state index contributed by atoms with van der Waals surface area (Å²) < 4.78 is 6.66. The van der Waals surface area contributed by atoms with Gasteiger partial charge >= 0.3 is 0 Å². The van der Waals surface area contributed by atoms with E-state index < -0.39 is 0 Å². The Hall–Kier alpha value is -0.840. The van der Waals surface area contributed by atoms with Gasteiger partial charge in [-0.25, -0.2) is 4.98 Å². The van der Waals surface area contributed by atoms with Gasteiger partial charge in [-0.1, -0.05) is 46.1 Å². The topological polar surface area (TPSA) is 35.0 Å². The van der Waals surface area contributed by atoms with E-state index in [1.165, 1.54) is 0 Å². The maximum Gasteiger partial charge on any atom is 0.227 e. The fraction of sp³-hybridized carbons (Fsp3) is 0.286. The second-order valence-electron chi connectivity index (χ2n) is 4.29. The molecule has 0 N–H and O–H groups in total. The molecule has 3 nitrogen and oxygen atoms in total. The van der Waals surface area contributed by atoms with E-state index in [0.717, 1.165) is 17.3 Å². The maximum absolute atomic E-state index is 6.14. The van der Waals surface area contributed by atoms with Crippen LogP contribution in [0.3, 0.4) is 0 Å². The number of hydrogen-bond donors (Lipinski definition) is 0. The molecule has 2 aromatic rings. The van der Waals surface area contributed by atoms with Crippen molar-refractivity contribution in [2.45, 2.75) is 26.7 Å². The molecule has 6 heteroatoms. The van der Waals surface area contributed by atoms with E-state index in [0.29, 0.717) is 33.2 Å². The Balaban J connectivity index is 2.37. The standard InChI is InChI=1S/C14H13BrCl2N2O/c1-3-4-12-18-13(17)8(2)14(19-12)20-11-6-5-9(15)7-10(11)16/h5-7H,3-4H2,1-2H3. The number of benzene rings is 1. The molecule has 0 amide bonds. The van der Waals surface area contributed by atoms with E-state index in [-0.39, 0.29) is 0 Å². The molecular formula is C14H13BrCl2N2O. The minimum Gasteiger partial charge on any atom is -0.437 e. The van der Waals surface area contributed by atoms with Crippen LogP contribution in [0.25, 0.3) is 0 Å². The minimum atomic E-state index is 0.409. The van der Waals surface area contributed by atoms with Crippen molar-refractivity contribution in [1.29, 1.82) is 0 Å². The number of nitrogens with zero attached hydrogens (tertiary/aromatic N) is 2. The summed E-state index contributed by atoms with van der Waals surface area (Å²) in [6.07, 6.45) is 1.70. The molecule has 0 fully saturated rings. The van der Waals surface area contributed by atoms with E-state index in [2.05, 4.69) is 32.8 Å². The van der Waals surface area contributed by atoms with Crippen molar-refractivity contribution in [2.75, 3.05) is 0 Å². The molecule has 0 atom stereocenters. The first kappa shape index (κ1) is 15.5. The van der Waals surface area contributed by atoms with Crippen LogP contribution in [0, 0.1) is 6.92 Å². The third kappa shape index (κ3) is 3.62. The Morgan fingerprint density at radius 1 is 1.25 bits per heavy atom. The molecular weight excluding hydrogens is 363 g/mol. The number of hydrogen-bond acceptors (Lipinski definition) is 3. The zero-order valence-corrected chi connectivity index (χ0v) is 14.2. The molecule has 20 heavy (non-hydrogen) atoms. The van der Waals surface area contributed by atoms with Crippen LogP contribution in [0.15, 0.2) is 22.7 Å². The Bertz CT molecular complexity index is 635. The zero-order chi connectivity index (χ0) is 14.7. The maximum atomic E-state index is 6.14. The fourth-order valence-corrected chi connectivity index (χ4v) is 2.50. The van der Waals surface area contributed by atoms with Gasteiger partial charge in [-0.3, -0.25) is 0 Å². The average Bonchev–Trinajstić information content (AvgIpc) is 2.39. The molecule has 0 saturated heterocycles. The first-order valence-corrected chi connectivity index (χ1v) is 7.72. The van der Waals surface area contributed by atoms with Crippen LogP contribution in [0.2, 0.25) is 10.2 Å². The van der Waals surface area contributed by atoms with Crippen LogP contribution in [-0.2, 0) is 6.42 Å². The second-order valence-corrected chi connectivity index (χ2v) is 5.97. The normalized spacial score (nSPS) is 10.7. The summed E-state index contributed by atoms with van der Waals surface area (Å²) in [5.74, 6) is 1.65. The number of rotatable bonds is 4. The van der Waals surface area contributed by atoms with Gasteiger partial charge < -0.3 is 4.74 Å². The second kappa shape index (κ2) is 6.74. The molecule has 2 rings (SSSR count). The fourth-order valence-electron chi connectivity index (χ4n) is 1.61. The van der Waals surface area contributed by atoms with Crippen LogP contribution < -0.4 is 4.74 Å². The molecule has 0 radical (unpaired) electrons. The Kier molecular flexibility index (Phi) is 5.24. The lowest BCUT2D eigenvalue weighted by molar-refractivity contribution is 0.454. The highest BCUT2D eigenvalue weighted by Gasteiger charge is 2.13. The Morgan fingerprint density at radius 3 is 2.65 bits per heavy atom. The summed E-state index contributed by atoms with van der Waals surface area (Å²) in [6.45, 7) is 3.88. The van der Waals surface area contributed by atoms with Crippen molar-refractivity contribution < 1.29 is 4.74 Å². The minimum absolute atomic E-state index is 0.409. The summed E-state index contributed by atoms with van der Waals surface area (Å²) in [5, 5.41) is 0.914. The lowest BCUT2D eigenvalue weighted by Gasteiger charge is -2.11. The smallest absolute Gasteiger partial charge is 0.227 e. The molecule has 0 aliphatic heterocycles. The van der Waals surface area contributed by atoms with Crippen molar-refractivity contribution in [3.8, 4) is 11.6 Å². The Morgan fingerprint density at radius 2 is 2.00 bits per heavy atom. The molecule has 0 bridgehead atoms. The SMILES string of the molecule is CCCc1nc(Cl)c(C)c(Oc2ccc(Br)cc2Cl)n1. The highest BCUT2D eigenvalue weighted by atomic mass is 79.9. The Labute approximate surface area is 136 Å². The lowest BCUT2D eigenvalue weighted by Crippen LogP contribution is -2.01. The number of aromatic nitrogens is 2. The van der Waals surface area contributed by atoms with Crippen molar-refractivity contribution >= 4 is 39.1 Å². The molecule has 0 aliphatic rings. The quantitative estimate of drug-likeness (QED) is 0.652. The van der Waals surface area contributed by atoms with Crippen molar-refractivity contribution in [3.05, 3.63) is 44.2 Å². The summed E-state index contributed by atoms with van der Waals surface area (Å²) in [6, 6.07) is 5.40. The number of aryl methyl sites for hydroxylation is 1. The van der Waals surface area contributed by atoms with Gasteiger partial charge in [-0.15, -0.1) is 0 Å². The van der Waals surface area contributed by atoms with Crippen LogP contribution in [0.4, 0.5) is 0 Å². The molecule has 0 saturated carbocycles. The number of halogens is 3. The van der Waals surface area contributed by atoms with Gasteiger partial charge in [0, 0.05) is 16.5 Å². The van der Waals surface area contributed by atoms with Crippen LogP contribution in [0.1, 0.15) is 24.7 Å². The molecule has 1 aromatic carbocycles. The highest BCUT2D eigenvalue weighted by Crippen LogP contribution is 2.33. The monoisotopic (exact) mass is 374 g/mol. The summed E-state index contributed by atoms with van der Waals surface area (Å²) in [7, 11) is 0. The van der Waals surface area contributed by atoms with E-state index in [4.69, 9.17) is 27.9 Å². The predicted molar refractivity (Wildman–Crippen MR) is 85.0 cm³/mol. The molecule has 0 aliphatic carbocycles. The molecule has 1 heterocycles. The summed E-state index contributed by atoms with van der Waals surface area (Å²) in [5.41, 5.74) is 0.700. The van der Waals surface area contributed by atoms with E-state index in [1.54, 1.807) is 12.1 Å². The summed E-state index contributed by atoms with van der Waals surface area (Å²) >= 11 is 15.6. The first-order valence-electron chi connectivity index (χ1n) is 6.17. The van der Waals surface area contributed by atoms with Gasteiger partial charge in [0.1, 0.15) is 16.7 Å². The molecule has 0 unspecified atom stereocenters. The highest BCUT2D eigenvalue weighted by molar-refractivity contribution is 9.10. The van der Waals surface area contributed by atoms with Crippen molar-refractivity contribution in [2.24, 2.45) is 0 Å². The molecule has 106 valence electrons. The van der Waals surface area contributed by atoms with Crippen molar-refractivity contribution in [3.63, 3.8) is 0 Å². The van der Waals surface area contributed by atoms with Crippen LogP contribution in [-0.4, -0.2) is 9.97 Å². The van der Waals surface area contributed by atoms with Gasteiger partial charge in [0.2, 0.25) is 5.88 Å². The molecule has 1 aromatic heterocycles. The van der Waals surface area contributed by atoms with Crippen molar-refractivity contribution in [1.82, 2.24) is 9.97 Å². The number of ether oxygens (including phenoxy) is 1. The lowest BCUT2D eigenvalue weighted by atomic mass is 10.3. The van der Waals surface area contributed by atoms with Gasteiger partial charge in [-0.2, -0.15) is 4.98 Å².